The van der Waals surface area contributed by atoms with E-state index in [1.807, 2.05) is 30.9 Å². The number of benzene rings is 2. The first-order valence-electron chi connectivity index (χ1n) is 16.6. The molecule has 3 aliphatic rings. The molecule has 10 nitrogen and oxygen atoms in total. The minimum Gasteiger partial charge on any atom is -0.490 e. The van der Waals surface area contributed by atoms with Gasteiger partial charge in [0, 0.05) is 24.5 Å². The molecule has 1 saturated carbocycles. The molecular weight excluding hydrogens is 621 g/mol. The molecule has 250 valence electrons. The largest absolute Gasteiger partial charge is 0.490 e. The summed E-state index contributed by atoms with van der Waals surface area (Å²) in [6.45, 7) is 5.51. The number of allylic oxidation sites excluding steroid dienone is 1. The van der Waals surface area contributed by atoms with Crippen molar-refractivity contribution in [2.24, 2.45) is 0 Å². The highest BCUT2D eigenvalue weighted by Crippen LogP contribution is 2.41. The Labute approximate surface area is 279 Å². The summed E-state index contributed by atoms with van der Waals surface area (Å²) >= 11 is 1.31. The second-order valence-corrected chi connectivity index (χ2v) is 13.1. The maximum atomic E-state index is 14.3. The Morgan fingerprint density at radius 3 is 2.53 bits per heavy atom. The maximum Gasteiger partial charge on any atom is 0.338 e. The van der Waals surface area contributed by atoms with E-state index in [9.17, 15) is 14.0 Å². The number of hydrogen-bond acceptors (Lipinski definition) is 9. The molecule has 1 amide bonds. The molecule has 47 heavy (non-hydrogen) atoms. The van der Waals surface area contributed by atoms with Crippen LogP contribution in [-0.2, 0) is 20.1 Å². The lowest BCUT2D eigenvalue weighted by atomic mass is 9.94. The van der Waals surface area contributed by atoms with E-state index in [1.165, 1.54) is 17.8 Å². The number of thioether (sulfide) groups is 1. The van der Waals surface area contributed by atoms with Crippen molar-refractivity contribution in [3.63, 3.8) is 0 Å². The molecule has 0 bridgehead atoms. The molecule has 0 radical (unpaired) electrons. The number of rotatable bonds is 11. The van der Waals surface area contributed by atoms with E-state index >= 15 is 0 Å². The quantitative estimate of drug-likeness (QED) is 0.178. The van der Waals surface area contributed by atoms with Crippen molar-refractivity contribution >= 4 is 29.6 Å². The molecular formula is C35H42FN5O5S. The minimum absolute atomic E-state index is 0.0476. The van der Waals surface area contributed by atoms with Crippen molar-refractivity contribution in [3.05, 3.63) is 70.7 Å². The fraction of sp³-hybridized carbons (Fsp3) is 0.486. The Morgan fingerprint density at radius 2 is 1.77 bits per heavy atom. The number of likely N-dealkylation sites (tertiary alicyclic amines) is 1. The zero-order chi connectivity index (χ0) is 32.8. The van der Waals surface area contributed by atoms with Gasteiger partial charge in [0.1, 0.15) is 18.0 Å². The van der Waals surface area contributed by atoms with E-state index in [0.717, 1.165) is 70.0 Å². The van der Waals surface area contributed by atoms with Crippen LogP contribution in [-0.4, -0.2) is 63.9 Å². The predicted molar refractivity (Wildman–Crippen MR) is 177 cm³/mol. The second-order valence-electron chi connectivity index (χ2n) is 12.1. The molecule has 1 N–H and O–H groups in total. The SMILES string of the molecule is CCOc1cc(C2C(C(=O)OC3CCCCC3)=C(C)Nc3nc(SCc4ccccc4F)nn32)ccc1OCC(=O)N1CCCCC1. The van der Waals surface area contributed by atoms with Crippen LogP contribution in [0.2, 0.25) is 0 Å². The first kappa shape index (κ1) is 32.9. The van der Waals surface area contributed by atoms with Crippen molar-refractivity contribution in [2.75, 3.05) is 31.6 Å². The number of nitrogens with one attached hydrogen (secondary N) is 1. The van der Waals surface area contributed by atoms with E-state index in [2.05, 4.69) is 5.32 Å². The van der Waals surface area contributed by atoms with Crippen molar-refractivity contribution in [3.8, 4) is 11.5 Å². The summed E-state index contributed by atoms with van der Waals surface area (Å²) in [5.74, 6) is 0.982. The molecule has 2 fully saturated rings. The molecule has 3 heterocycles. The van der Waals surface area contributed by atoms with Crippen LogP contribution < -0.4 is 14.8 Å². The number of fused-ring (bicyclic) bond motifs is 1. The van der Waals surface area contributed by atoms with Gasteiger partial charge in [-0.1, -0.05) is 42.4 Å². The number of aromatic nitrogens is 3. The van der Waals surface area contributed by atoms with Crippen LogP contribution in [0.1, 0.15) is 82.4 Å². The number of nitrogens with zero attached hydrogens (tertiary/aromatic N) is 4. The van der Waals surface area contributed by atoms with Gasteiger partial charge < -0.3 is 24.4 Å². The lowest BCUT2D eigenvalue weighted by Crippen LogP contribution is -2.38. The van der Waals surface area contributed by atoms with Gasteiger partial charge >= 0.3 is 5.97 Å². The van der Waals surface area contributed by atoms with Gasteiger partial charge in [0.15, 0.2) is 18.1 Å². The van der Waals surface area contributed by atoms with E-state index in [0.29, 0.717) is 51.8 Å². The maximum absolute atomic E-state index is 14.3. The third kappa shape index (κ3) is 7.75. The van der Waals surface area contributed by atoms with Crippen molar-refractivity contribution in [2.45, 2.75) is 88.3 Å². The van der Waals surface area contributed by atoms with Crippen molar-refractivity contribution in [1.82, 2.24) is 19.7 Å². The molecule has 1 unspecified atom stereocenters. The predicted octanol–water partition coefficient (Wildman–Crippen LogP) is 6.66. The van der Waals surface area contributed by atoms with Crippen LogP contribution in [0.25, 0.3) is 0 Å². The van der Waals surface area contributed by atoms with Gasteiger partial charge in [0.05, 0.1) is 12.2 Å². The number of halogens is 1. The van der Waals surface area contributed by atoms with E-state index < -0.39 is 12.0 Å². The monoisotopic (exact) mass is 663 g/mol. The molecule has 2 aromatic carbocycles. The summed E-state index contributed by atoms with van der Waals surface area (Å²) < 4.78 is 34.1. The number of hydrogen-bond donors (Lipinski definition) is 1. The zero-order valence-electron chi connectivity index (χ0n) is 27.0. The Hall–Kier alpha value is -4.06. The summed E-state index contributed by atoms with van der Waals surface area (Å²) in [5.41, 5.74) is 2.31. The van der Waals surface area contributed by atoms with Crippen LogP contribution in [0.4, 0.5) is 10.3 Å². The average Bonchev–Trinajstić information content (AvgIpc) is 3.49. The molecule has 6 rings (SSSR count). The van der Waals surface area contributed by atoms with Crippen LogP contribution in [0.3, 0.4) is 0 Å². The Kier molecular flexibility index (Phi) is 10.6. The van der Waals surface area contributed by atoms with Gasteiger partial charge in [0.25, 0.3) is 5.91 Å². The average molecular weight is 664 g/mol. The minimum atomic E-state index is -0.680. The number of ether oxygens (including phenoxy) is 3. The molecule has 12 heteroatoms. The fourth-order valence-corrected chi connectivity index (χ4v) is 7.19. The highest BCUT2D eigenvalue weighted by molar-refractivity contribution is 7.98. The second kappa shape index (κ2) is 15.2. The topological polar surface area (TPSA) is 108 Å². The van der Waals surface area contributed by atoms with Gasteiger partial charge in [-0.05, 0) is 88.1 Å². The normalized spacial score (nSPS) is 18.4. The molecule has 1 aliphatic carbocycles. The van der Waals surface area contributed by atoms with E-state index in [4.69, 9.17) is 24.3 Å². The van der Waals surface area contributed by atoms with Crippen molar-refractivity contribution < 1.29 is 28.2 Å². The summed E-state index contributed by atoms with van der Waals surface area (Å²) in [7, 11) is 0. The van der Waals surface area contributed by atoms with Gasteiger partial charge in [-0.2, -0.15) is 4.98 Å². The van der Waals surface area contributed by atoms with Gasteiger partial charge in [-0.15, -0.1) is 5.10 Å². The molecule has 1 saturated heterocycles. The number of carbonyl (C=O) groups is 2. The Bertz CT molecular complexity index is 1620. The highest BCUT2D eigenvalue weighted by atomic mass is 32.2. The smallest absolute Gasteiger partial charge is 0.338 e. The van der Waals surface area contributed by atoms with E-state index in [-0.39, 0.29) is 24.4 Å². The van der Waals surface area contributed by atoms with Crippen molar-refractivity contribution in [1.29, 1.82) is 0 Å². The molecule has 0 spiro atoms. The van der Waals surface area contributed by atoms with E-state index in [1.54, 1.807) is 28.9 Å². The lowest BCUT2D eigenvalue weighted by Gasteiger charge is -2.30. The number of amides is 1. The summed E-state index contributed by atoms with van der Waals surface area (Å²) in [6.07, 6.45) is 7.93. The summed E-state index contributed by atoms with van der Waals surface area (Å²) in [5, 5.41) is 8.49. The number of esters is 1. The first-order valence-corrected chi connectivity index (χ1v) is 17.6. The lowest BCUT2D eigenvalue weighted by molar-refractivity contribution is -0.146. The molecule has 1 aromatic heterocycles. The number of anilines is 1. The van der Waals surface area contributed by atoms with Crippen LogP contribution >= 0.6 is 11.8 Å². The summed E-state index contributed by atoms with van der Waals surface area (Å²) in [4.78, 5) is 33.3. The number of carbonyl (C=O) groups excluding carboxylic acids is 2. The van der Waals surface area contributed by atoms with Crippen LogP contribution in [0, 0.1) is 5.82 Å². The standard InChI is InChI=1S/C35H42FN5O5S/c1-3-44-29-20-24(16-17-28(29)45-21-30(42)40-18-10-5-11-19-40)32-31(33(43)46-26-13-6-4-7-14-26)23(2)37-34-38-35(39-41(32)34)47-22-25-12-8-9-15-27(25)36/h8-9,12,15-17,20,26,32H,3-7,10-11,13-14,18-19,21-22H2,1-2H3,(H,37,38,39). The molecule has 2 aliphatic heterocycles. The Morgan fingerprint density at radius 1 is 1.00 bits per heavy atom. The molecule has 1 atom stereocenters. The molecule has 3 aromatic rings. The van der Waals surface area contributed by atoms with Gasteiger partial charge in [0.2, 0.25) is 11.1 Å². The van der Waals surface area contributed by atoms with Crippen LogP contribution in [0.5, 0.6) is 11.5 Å². The number of piperidine rings is 1. The highest BCUT2D eigenvalue weighted by Gasteiger charge is 2.37. The third-order valence-corrected chi connectivity index (χ3v) is 9.72. The zero-order valence-corrected chi connectivity index (χ0v) is 27.8. The van der Waals surface area contributed by atoms with Gasteiger partial charge in [-0.25, -0.2) is 13.9 Å². The van der Waals surface area contributed by atoms with Gasteiger partial charge in [-0.3, -0.25) is 4.79 Å². The summed E-state index contributed by atoms with van der Waals surface area (Å²) in [6, 6.07) is 11.4. The fourth-order valence-electron chi connectivity index (χ4n) is 6.38. The third-order valence-electron chi connectivity index (χ3n) is 8.84. The Balaban J connectivity index is 1.30. The van der Waals surface area contributed by atoms with Crippen LogP contribution in [0.15, 0.2) is 58.9 Å². The first-order chi connectivity index (χ1) is 22.9.